The van der Waals surface area contributed by atoms with Crippen LogP contribution in [0.1, 0.15) is 26.5 Å². The molecule has 2 rings (SSSR count). The molecule has 0 radical (unpaired) electrons. The summed E-state index contributed by atoms with van der Waals surface area (Å²) in [6, 6.07) is 3.66. The van der Waals surface area contributed by atoms with Crippen molar-refractivity contribution in [3.05, 3.63) is 45.4 Å². The third-order valence-electron chi connectivity index (χ3n) is 3.11. The minimum absolute atomic E-state index is 0.0483. The summed E-state index contributed by atoms with van der Waals surface area (Å²) in [6.07, 6.45) is 0. The van der Waals surface area contributed by atoms with Crippen molar-refractivity contribution in [2.45, 2.75) is 6.92 Å². The van der Waals surface area contributed by atoms with E-state index in [0.29, 0.717) is 4.47 Å². The van der Waals surface area contributed by atoms with E-state index in [1.165, 1.54) is 23.9 Å². The minimum atomic E-state index is -0.736. The predicted molar refractivity (Wildman–Crippen MR) is 81.3 cm³/mol. The average molecular weight is 370 g/mol. The lowest BCUT2D eigenvalue weighted by Crippen LogP contribution is -2.15. The van der Waals surface area contributed by atoms with Gasteiger partial charge in [-0.05, 0) is 41.1 Å². The van der Waals surface area contributed by atoms with Crippen LogP contribution >= 0.6 is 15.9 Å². The van der Waals surface area contributed by atoms with Crippen LogP contribution in [0, 0.1) is 12.7 Å². The molecule has 2 aromatic rings. The molecule has 116 valence electrons. The van der Waals surface area contributed by atoms with E-state index in [9.17, 15) is 14.0 Å². The van der Waals surface area contributed by atoms with Gasteiger partial charge < -0.3 is 10.1 Å². The zero-order chi connectivity index (χ0) is 16.4. The van der Waals surface area contributed by atoms with Crippen molar-refractivity contribution in [3.8, 4) is 0 Å². The van der Waals surface area contributed by atoms with Crippen LogP contribution in [0.15, 0.2) is 22.7 Å². The molecule has 6 nitrogen and oxygen atoms in total. The van der Waals surface area contributed by atoms with Crippen LogP contribution in [0.3, 0.4) is 0 Å². The third-order valence-corrected chi connectivity index (χ3v) is 4.06. The maximum absolute atomic E-state index is 13.9. The Morgan fingerprint density at radius 2 is 2.09 bits per heavy atom. The standard InChI is InChI=1S/C14H13BrFN3O3/c1-7-11(15)12(18-19(7)2)13(20)17-10-5-4-8(6-9(10)16)14(21)22-3/h4-6H,1-3H3,(H,17,20). The lowest BCUT2D eigenvalue weighted by atomic mass is 10.2. The highest BCUT2D eigenvalue weighted by atomic mass is 79.9. The number of esters is 1. The van der Waals surface area contributed by atoms with Gasteiger partial charge in [0.1, 0.15) is 5.82 Å². The molecule has 0 fully saturated rings. The molecular weight excluding hydrogens is 357 g/mol. The Hall–Kier alpha value is -2.22. The number of carbonyl (C=O) groups is 2. The SMILES string of the molecule is COC(=O)c1ccc(NC(=O)c2nn(C)c(C)c2Br)c(F)c1. The highest BCUT2D eigenvalue weighted by Gasteiger charge is 2.19. The molecule has 1 amide bonds. The summed E-state index contributed by atoms with van der Waals surface area (Å²) in [7, 11) is 2.90. The summed E-state index contributed by atoms with van der Waals surface area (Å²) in [6.45, 7) is 1.79. The number of halogens is 2. The van der Waals surface area contributed by atoms with Crippen molar-refractivity contribution >= 4 is 33.5 Å². The van der Waals surface area contributed by atoms with Crippen LogP contribution in [0.4, 0.5) is 10.1 Å². The summed E-state index contributed by atoms with van der Waals surface area (Å²) in [5.41, 5.74) is 0.934. The number of benzene rings is 1. The second kappa shape index (κ2) is 6.27. The van der Waals surface area contributed by atoms with Crippen LogP contribution in [-0.4, -0.2) is 28.8 Å². The van der Waals surface area contributed by atoms with Crippen molar-refractivity contribution in [2.24, 2.45) is 7.05 Å². The molecule has 0 atom stereocenters. The molecule has 1 heterocycles. The first-order chi connectivity index (χ1) is 10.3. The van der Waals surface area contributed by atoms with Gasteiger partial charge in [-0.3, -0.25) is 9.48 Å². The normalized spacial score (nSPS) is 10.4. The summed E-state index contributed by atoms with van der Waals surface area (Å²) in [4.78, 5) is 23.5. The lowest BCUT2D eigenvalue weighted by Gasteiger charge is -2.06. The van der Waals surface area contributed by atoms with Crippen molar-refractivity contribution in [3.63, 3.8) is 0 Å². The highest BCUT2D eigenvalue weighted by Crippen LogP contribution is 2.22. The number of rotatable bonds is 3. The van der Waals surface area contributed by atoms with E-state index in [1.807, 2.05) is 0 Å². The average Bonchev–Trinajstić information content (AvgIpc) is 2.76. The molecular formula is C14H13BrFN3O3. The second-order valence-electron chi connectivity index (χ2n) is 4.51. The Labute approximate surface area is 134 Å². The lowest BCUT2D eigenvalue weighted by molar-refractivity contribution is 0.0600. The van der Waals surface area contributed by atoms with Crippen molar-refractivity contribution in [2.75, 3.05) is 12.4 Å². The first-order valence-corrected chi connectivity index (χ1v) is 7.02. The van der Waals surface area contributed by atoms with Crippen LogP contribution < -0.4 is 5.32 Å². The Bertz CT molecular complexity index is 758. The number of nitrogens with zero attached hydrogens (tertiary/aromatic N) is 2. The van der Waals surface area contributed by atoms with E-state index >= 15 is 0 Å². The number of aromatic nitrogens is 2. The van der Waals surface area contributed by atoms with Crippen molar-refractivity contribution < 1.29 is 18.7 Å². The third kappa shape index (κ3) is 3.01. The van der Waals surface area contributed by atoms with Gasteiger partial charge in [-0.25, -0.2) is 9.18 Å². The monoisotopic (exact) mass is 369 g/mol. The number of carbonyl (C=O) groups excluding carboxylic acids is 2. The van der Waals surface area contributed by atoms with Gasteiger partial charge in [-0.1, -0.05) is 0 Å². The molecule has 0 spiro atoms. The number of hydrogen-bond acceptors (Lipinski definition) is 4. The summed E-state index contributed by atoms with van der Waals surface area (Å²) in [5.74, 6) is -1.94. The fourth-order valence-electron chi connectivity index (χ4n) is 1.77. The number of anilines is 1. The molecule has 1 aromatic heterocycles. The second-order valence-corrected chi connectivity index (χ2v) is 5.30. The predicted octanol–water partition coefficient (Wildman–Crippen LogP) is 2.67. The number of aryl methyl sites for hydroxylation is 1. The van der Waals surface area contributed by atoms with Crippen LogP contribution in [0.25, 0.3) is 0 Å². The number of ether oxygens (including phenoxy) is 1. The molecule has 0 saturated carbocycles. The van der Waals surface area contributed by atoms with Gasteiger partial charge in [0.05, 0.1) is 28.5 Å². The van der Waals surface area contributed by atoms with E-state index in [4.69, 9.17) is 0 Å². The summed E-state index contributed by atoms with van der Waals surface area (Å²) < 4.78 is 20.5. The summed E-state index contributed by atoms with van der Waals surface area (Å²) >= 11 is 3.27. The van der Waals surface area contributed by atoms with Crippen LogP contribution in [0.5, 0.6) is 0 Å². The maximum Gasteiger partial charge on any atom is 0.337 e. The van der Waals surface area contributed by atoms with Gasteiger partial charge in [-0.2, -0.15) is 5.10 Å². The molecule has 0 saturated heterocycles. The molecule has 0 bridgehead atoms. The fourth-order valence-corrected chi connectivity index (χ4v) is 2.29. The molecule has 8 heteroatoms. The van der Waals surface area contributed by atoms with Gasteiger partial charge in [0, 0.05) is 7.05 Å². The Kier molecular flexibility index (Phi) is 4.60. The first kappa shape index (κ1) is 16.2. The van der Waals surface area contributed by atoms with Gasteiger partial charge >= 0.3 is 5.97 Å². The van der Waals surface area contributed by atoms with E-state index in [1.54, 1.807) is 14.0 Å². The number of nitrogens with one attached hydrogen (secondary N) is 1. The quantitative estimate of drug-likeness (QED) is 0.844. The van der Waals surface area contributed by atoms with E-state index in [-0.39, 0.29) is 16.9 Å². The molecule has 0 aliphatic heterocycles. The topological polar surface area (TPSA) is 73.2 Å². The van der Waals surface area contributed by atoms with E-state index in [2.05, 4.69) is 31.1 Å². The number of methoxy groups -OCH3 is 1. The summed E-state index contributed by atoms with van der Waals surface area (Å²) in [5, 5.41) is 6.48. The zero-order valence-corrected chi connectivity index (χ0v) is 13.7. The fraction of sp³-hybridized carbons (Fsp3) is 0.214. The van der Waals surface area contributed by atoms with Gasteiger partial charge in [-0.15, -0.1) is 0 Å². The van der Waals surface area contributed by atoms with Gasteiger partial charge in [0.15, 0.2) is 5.69 Å². The van der Waals surface area contributed by atoms with Gasteiger partial charge in [0.25, 0.3) is 5.91 Å². The van der Waals surface area contributed by atoms with Gasteiger partial charge in [0.2, 0.25) is 0 Å². The molecule has 0 unspecified atom stereocenters. The number of hydrogen-bond donors (Lipinski definition) is 1. The van der Waals surface area contributed by atoms with Crippen LogP contribution in [-0.2, 0) is 11.8 Å². The van der Waals surface area contributed by atoms with Crippen LogP contribution in [0.2, 0.25) is 0 Å². The van der Waals surface area contributed by atoms with Crippen molar-refractivity contribution in [1.82, 2.24) is 9.78 Å². The molecule has 22 heavy (non-hydrogen) atoms. The largest absolute Gasteiger partial charge is 0.465 e. The maximum atomic E-state index is 13.9. The first-order valence-electron chi connectivity index (χ1n) is 6.23. The molecule has 0 aliphatic carbocycles. The van der Waals surface area contributed by atoms with E-state index in [0.717, 1.165) is 11.8 Å². The molecule has 1 aromatic carbocycles. The molecule has 1 N–H and O–H groups in total. The highest BCUT2D eigenvalue weighted by molar-refractivity contribution is 9.10. The Morgan fingerprint density at radius 1 is 1.41 bits per heavy atom. The molecule has 0 aliphatic rings. The minimum Gasteiger partial charge on any atom is -0.465 e. The smallest absolute Gasteiger partial charge is 0.337 e. The van der Waals surface area contributed by atoms with E-state index < -0.39 is 17.7 Å². The Morgan fingerprint density at radius 3 is 2.59 bits per heavy atom. The Balaban J connectivity index is 2.25. The van der Waals surface area contributed by atoms with Crippen molar-refractivity contribution in [1.29, 1.82) is 0 Å². The zero-order valence-electron chi connectivity index (χ0n) is 12.1. The number of amides is 1.